The molecule has 3 N–H and O–H groups in total. The van der Waals surface area contributed by atoms with E-state index in [9.17, 15) is 4.79 Å². The van der Waals surface area contributed by atoms with Crippen LogP contribution < -0.4 is 15.6 Å². The van der Waals surface area contributed by atoms with Crippen LogP contribution in [0.15, 0.2) is 89.7 Å². The maximum absolute atomic E-state index is 12.7. The fraction of sp³-hybridized carbons (Fsp3) is 0.233. The molecule has 0 amide bonds. The molecule has 0 saturated heterocycles. The van der Waals surface area contributed by atoms with Gasteiger partial charge in [-0.3, -0.25) is 4.79 Å². The third-order valence-corrected chi connectivity index (χ3v) is 6.35. The SMILES string of the molecule is COCC(Cc1ccccc1)NCCCOc1ccc2[nH]c(-c3cc4ccccc4[nH]c3=O)cc2c1. The van der Waals surface area contributed by atoms with Crippen LogP contribution in [0.2, 0.25) is 0 Å². The number of aromatic amines is 2. The van der Waals surface area contributed by atoms with Crippen molar-refractivity contribution < 1.29 is 9.47 Å². The summed E-state index contributed by atoms with van der Waals surface area (Å²) in [7, 11) is 1.74. The number of nitrogens with one attached hydrogen (secondary N) is 3. The van der Waals surface area contributed by atoms with E-state index in [1.807, 2.05) is 60.7 Å². The van der Waals surface area contributed by atoms with Crippen LogP contribution in [0, 0.1) is 0 Å². The van der Waals surface area contributed by atoms with Crippen LogP contribution in [0.4, 0.5) is 0 Å². The van der Waals surface area contributed by atoms with Crippen LogP contribution in [0.1, 0.15) is 12.0 Å². The van der Waals surface area contributed by atoms with Crippen LogP contribution in [-0.4, -0.2) is 42.9 Å². The topological polar surface area (TPSA) is 79.1 Å². The predicted molar refractivity (Wildman–Crippen MR) is 146 cm³/mol. The first-order valence-corrected chi connectivity index (χ1v) is 12.3. The largest absolute Gasteiger partial charge is 0.494 e. The van der Waals surface area contributed by atoms with Crippen molar-refractivity contribution in [2.24, 2.45) is 0 Å². The maximum atomic E-state index is 12.7. The molecule has 1 unspecified atom stereocenters. The van der Waals surface area contributed by atoms with Gasteiger partial charge in [0.2, 0.25) is 0 Å². The zero-order valence-corrected chi connectivity index (χ0v) is 20.4. The van der Waals surface area contributed by atoms with E-state index in [4.69, 9.17) is 9.47 Å². The highest BCUT2D eigenvalue weighted by Crippen LogP contribution is 2.27. The molecular weight excluding hydrogens is 450 g/mol. The number of fused-ring (bicyclic) bond motifs is 2. The van der Waals surface area contributed by atoms with E-state index in [1.54, 1.807) is 7.11 Å². The van der Waals surface area contributed by atoms with E-state index in [1.165, 1.54) is 5.56 Å². The van der Waals surface area contributed by atoms with Gasteiger partial charge in [-0.2, -0.15) is 0 Å². The van der Waals surface area contributed by atoms with Gasteiger partial charge >= 0.3 is 0 Å². The molecule has 2 aromatic heterocycles. The Labute approximate surface area is 210 Å². The highest BCUT2D eigenvalue weighted by Gasteiger charge is 2.11. The van der Waals surface area contributed by atoms with Crippen LogP contribution in [0.25, 0.3) is 33.1 Å². The number of aromatic nitrogens is 2. The molecule has 0 radical (unpaired) electrons. The third kappa shape index (κ3) is 5.67. The number of para-hydroxylation sites is 1. The molecule has 184 valence electrons. The minimum atomic E-state index is -0.108. The monoisotopic (exact) mass is 481 g/mol. The fourth-order valence-corrected chi connectivity index (χ4v) is 4.55. The Bertz CT molecular complexity index is 1490. The molecule has 0 aliphatic rings. The second-order valence-corrected chi connectivity index (χ2v) is 9.03. The molecule has 5 rings (SSSR count). The van der Waals surface area contributed by atoms with Crippen molar-refractivity contribution in [1.29, 1.82) is 0 Å². The number of methoxy groups -OCH3 is 1. The summed E-state index contributed by atoms with van der Waals surface area (Å²) in [4.78, 5) is 19.0. The summed E-state index contributed by atoms with van der Waals surface area (Å²) in [6, 6.07) is 28.4. The van der Waals surface area contributed by atoms with Gasteiger partial charge in [-0.1, -0.05) is 48.5 Å². The van der Waals surface area contributed by atoms with E-state index < -0.39 is 0 Å². The molecule has 0 aliphatic heterocycles. The summed E-state index contributed by atoms with van der Waals surface area (Å²) >= 11 is 0. The number of hydrogen-bond donors (Lipinski definition) is 3. The molecule has 6 heteroatoms. The van der Waals surface area contributed by atoms with Crippen molar-refractivity contribution in [3.63, 3.8) is 0 Å². The maximum Gasteiger partial charge on any atom is 0.257 e. The van der Waals surface area contributed by atoms with Gasteiger partial charge in [0.05, 0.1) is 24.5 Å². The second kappa shape index (κ2) is 11.2. The number of rotatable bonds is 11. The second-order valence-electron chi connectivity index (χ2n) is 9.03. The van der Waals surface area contributed by atoms with Crippen LogP contribution >= 0.6 is 0 Å². The summed E-state index contributed by atoms with van der Waals surface area (Å²) < 4.78 is 11.4. The average Bonchev–Trinajstić information content (AvgIpc) is 3.32. The van der Waals surface area contributed by atoms with E-state index in [0.717, 1.165) is 52.6 Å². The van der Waals surface area contributed by atoms with Gasteiger partial charge < -0.3 is 24.8 Å². The fourth-order valence-electron chi connectivity index (χ4n) is 4.55. The Morgan fingerprint density at radius 1 is 0.861 bits per heavy atom. The predicted octanol–water partition coefficient (Wildman–Crippen LogP) is 5.29. The molecule has 3 aromatic carbocycles. The summed E-state index contributed by atoms with van der Waals surface area (Å²) in [5, 5.41) is 5.59. The highest BCUT2D eigenvalue weighted by molar-refractivity contribution is 5.89. The molecule has 0 spiro atoms. The number of ether oxygens (including phenoxy) is 2. The Morgan fingerprint density at radius 2 is 1.67 bits per heavy atom. The van der Waals surface area contributed by atoms with Crippen molar-refractivity contribution in [2.45, 2.75) is 18.9 Å². The molecule has 5 aromatic rings. The van der Waals surface area contributed by atoms with Gasteiger partial charge in [0.1, 0.15) is 5.75 Å². The zero-order chi connectivity index (χ0) is 24.7. The molecule has 0 bridgehead atoms. The highest BCUT2D eigenvalue weighted by atomic mass is 16.5. The molecule has 0 aliphatic carbocycles. The van der Waals surface area contributed by atoms with Crippen LogP contribution in [-0.2, 0) is 11.2 Å². The van der Waals surface area contributed by atoms with Crippen LogP contribution in [0.5, 0.6) is 5.75 Å². The van der Waals surface area contributed by atoms with Crippen molar-refractivity contribution in [3.8, 4) is 17.0 Å². The summed E-state index contributed by atoms with van der Waals surface area (Å²) in [6.07, 6.45) is 1.82. The van der Waals surface area contributed by atoms with Gasteiger partial charge in [-0.25, -0.2) is 0 Å². The molecule has 0 fully saturated rings. The lowest BCUT2D eigenvalue weighted by atomic mass is 10.1. The van der Waals surface area contributed by atoms with Gasteiger partial charge in [0.25, 0.3) is 5.56 Å². The van der Waals surface area contributed by atoms with Crippen molar-refractivity contribution in [2.75, 3.05) is 26.9 Å². The van der Waals surface area contributed by atoms with Gasteiger partial charge in [0, 0.05) is 29.6 Å². The first kappa shape index (κ1) is 23.9. The Morgan fingerprint density at radius 3 is 2.53 bits per heavy atom. The quantitative estimate of drug-likeness (QED) is 0.224. The minimum absolute atomic E-state index is 0.108. The van der Waals surface area contributed by atoms with Crippen molar-refractivity contribution in [3.05, 3.63) is 101 Å². The molecular formula is C30H31N3O3. The van der Waals surface area contributed by atoms with E-state index in [0.29, 0.717) is 18.8 Å². The smallest absolute Gasteiger partial charge is 0.257 e. The normalized spacial score (nSPS) is 12.2. The number of hydrogen-bond acceptors (Lipinski definition) is 4. The standard InChI is InChI=1S/C30H31N3O3/c1-35-20-24(16-21-8-3-2-4-9-21)31-14-7-15-36-25-12-13-28-23(17-25)19-29(32-28)26-18-22-10-5-6-11-27(22)33-30(26)34/h2-6,8-13,17-19,24,31-32H,7,14-16,20H2,1H3,(H,33,34). The Kier molecular flexibility index (Phi) is 7.45. The zero-order valence-electron chi connectivity index (χ0n) is 20.4. The number of H-pyrrole nitrogens is 2. The van der Waals surface area contributed by atoms with Crippen LogP contribution in [0.3, 0.4) is 0 Å². The molecule has 1 atom stereocenters. The van der Waals surface area contributed by atoms with Crippen molar-refractivity contribution >= 4 is 21.8 Å². The first-order valence-electron chi connectivity index (χ1n) is 12.3. The Hall–Kier alpha value is -3.87. The van der Waals surface area contributed by atoms with E-state index in [2.05, 4.69) is 39.6 Å². The lowest BCUT2D eigenvalue weighted by molar-refractivity contribution is 0.164. The third-order valence-electron chi connectivity index (χ3n) is 6.35. The summed E-state index contributed by atoms with van der Waals surface area (Å²) in [6.45, 7) is 2.13. The minimum Gasteiger partial charge on any atom is -0.494 e. The van der Waals surface area contributed by atoms with E-state index >= 15 is 0 Å². The molecule has 2 heterocycles. The molecule has 0 saturated carbocycles. The first-order chi connectivity index (χ1) is 17.7. The lowest BCUT2D eigenvalue weighted by Crippen LogP contribution is -2.36. The number of benzene rings is 3. The van der Waals surface area contributed by atoms with Crippen molar-refractivity contribution in [1.82, 2.24) is 15.3 Å². The number of pyridine rings is 1. The average molecular weight is 482 g/mol. The van der Waals surface area contributed by atoms with Gasteiger partial charge in [0.15, 0.2) is 0 Å². The Balaban J connectivity index is 1.18. The lowest BCUT2D eigenvalue weighted by Gasteiger charge is -2.18. The summed E-state index contributed by atoms with van der Waals surface area (Å²) in [5.41, 5.74) is 4.41. The van der Waals surface area contributed by atoms with Gasteiger partial charge in [-0.05, 0) is 66.7 Å². The molecule has 36 heavy (non-hydrogen) atoms. The summed E-state index contributed by atoms with van der Waals surface area (Å²) in [5.74, 6) is 0.818. The van der Waals surface area contributed by atoms with E-state index in [-0.39, 0.29) is 11.6 Å². The van der Waals surface area contributed by atoms with Gasteiger partial charge in [-0.15, -0.1) is 0 Å². The molecule has 6 nitrogen and oxygen atoms in total.